The van der Waals surface area contributed by atoms with Crippen molar-refractivity contribution >= 4 is 50.0 Å². The summed E-state index contributed by atoms with van der Waals surface area (Å²) in [6.07, 6.45) is 0. The maximum absolute atomic E-state index is 12.3. The second-order valence-electron chi connectivity index (χ2n) is 5.25. The lowest BCUT2D eigenvalue weighted by atomic mass is 10.1. The van der Waals surface area contributed by atoms with Gasteiger partial charge in [0.1, 0.15) is 11.3 Å². The highest BCUT2D eigenvalue weighted by Crippen LogP contribution is 2.29. The third kappa shape index (κ3) is 3.77. The molecule has 25 heavy (non-hydrogen) atoms. The molecule has 7 heteroatoms. The van der Waals surface area contributed by atoms with Gasteiger partial charge in [-0.2, -0.15) is 0 Å². The molecule has 0 bridgehead atoms. The average Bonchev–Trinajstić information content (AvgIpc) is 3.17. The first-order valence-electron chi connectivity index (χ1n) is 7.61. The molecule has 5 nitrogen and oxygen atoms in total. The van der Waals surface area contributed by atoms with E-state index in [0.717, 1.165) is 9.17 Å². The molecular formula is C18H15BrO5S. The zero-order valence-corrected chi connectivity index (χ0v) is 16.0. The van der Waals surface area contributed by atoms with E-state index in [1.807, 2.05) is 13.0 Å². The second-order valence-corrected chi connectivity index (χ2v) is 7.71. The van der Waals surface area contributed by atoms with Crippen LogP contribution < -0.4 is 4.74 Å². The highest BCUT2D eigenvalue weighted by Gasteiger charge is 2.21. The largest absolute Gasteiger partial charge is 0.494 e. The number of rotatable bonds is 6. The van der Waals surface area contributed by atoms with Crippen LogP contribution in [0.4, 0.5) is 0 Å². The average molecular weight is 423 g/mol. The molecular weight excluding hydrogens is 408 g/mol. The van der Waals surface area contributed by atoms with E-state index in [9.17, 15) is 9.59 Å². The number of halogens is 1. The Kier molecular flexibility index (Phi) is 5.24. The molecule has 0 saturated heterocycles. The number of fused-ring (bicyclic) bond motifs is 1. The Labute approximate surface area is 156 Å². The van der Waals surface area contributed by atoms with Crippen molar-refractivity contribution < 1.29 is 23.5 Å². The van der Waals surface area contributed by atoms with Crippen LogP contribution in [0.2, 0.25) is 0 Å². The van der Waals surface area contributed by atoms with Gasteiger partial charge in [-0.05, 0) is 60.1 Å². The molecule has 0 unspecified atom stereocenters. The van der Waals surface area contributed by atoms with Crippen LogP contribution in [0.3, 0.4) is 0 Å². The third-order valence-electron chi connectivity index (χ3n) is 3.59. The first kappa shape index (κ1) is 17.7. The molecule has 0 saturated carbocycles. The molecule has 130 valence electrons. The van der Waals surface area contributed by atoms with Crippen LogP contribution in [0.15, 0.2) is 38.5 Å². The first-order valence-corrected chi connectivity index (χ1v) is 9.22. The summed E-state index contributed by atoms with van der Waals surface area (Å²) in [5.41, 5.74) is 1.23. The lowest BCUT2D eigenvalue weighted by Gasteiger charge is -2.02. The fraction of sp³-hybridized carbons (Fsp3) is 0.222. The van der Waals surface area contributed by atoms with Crippen molar-refractivity contribution in [3.8, 4) is 5.75 Å². The summed E-state index contributed by atoms with van der Waals surface area (Å²) < 4.78 is 17.0. The predicted molar refractivity (Wildman–Crippen MR) is 98.8 cm³/mol. The number of hydrogen-bond donors (Lipinski definition) is 0. The third-order valence-corrected chi connectivity index (χ3v) is 5.25. The SMILES string of the molecule is CCOc1ccc2oc(C(=O)OCC(=O)c3ccc(Br)s3)c(C)c2c1. The molecule has 0 fully saturated rings. The van der Waals surface area contributed by atoms with Crippen LogP contribution in [0.1, 0.15) is 32.7 Å². The molecule has 2 heterocycles. The predicted octanol–water partition coefficient (Wildman–Crippen LogP) is 5.00. The molecule has 3 rings (SSSR count). The number of esters is 1. The monoisotopic (exact) mass is 422 g/mol. The minimum Gasteiger partial charge on any atom is -0.494 e. The number of carbonyl (C=O) groups excluding carboxylic acids is 2. The van der Waals surface area contributed by atoms with Crippen molar-refractivity contribution in [2.75, 3.05) is 13.2 Å². The van der Waals surface area contributed by atoms with Gasteiger partial charge in [0.05, 0.1) is 15.3 Å². The summed E-state index contributed by atoms with van der Waals surface area (Å²) in [6, 6.07) is 8.81. The minimum absolute atomic E-state index is 0.101. The Morgan fingerprint density at radius 2 is 2.04 bits per heavy atom. The van der Waals surface area contributed by atoms with E-state index in [0.29, 0.717) is 28.4 Å². The van der Waals surface area contributed by atoms with Crippen LogP contribution in [-0.2, 0) is 4.74 Å². The Hall–Kier alpha value is -2.12. The van der Waals surface area contributed by atoms with Gasteiger partial charge in [-0.25, -0.2) is 4.79 Å². The Morgan fingerprint density at radius 3 is 2.72 bits per heavy atom. The lowest BCUT2D eigenvalue weighted by molar-refractivity contribution is 0.0446. The topological polar surface area (TPSA) is 65.7 Å². The molecule has 0 aliphatic rings. The van der Waals surface area contributed by atoms with Gasteiger partial charge in [0.2, 0.25) is 11.5 Å². The van der Waals surface area contributed by atoms with E-state index in [1.54, 1.807) is 31.2 Å². The first-order chi connectivity index (χ1) is 12.0. The lowest BCUT2D eigenvalue weighted by Crippen LogP contribution is -2.13. The van der Waals surface area contributed by atoms with Crippen LogP contribution in [0.5, 0.6) is 5.75 Å². The summed E-state index contributed by atoms with van der Waals surface area (Å²) in [5, 5.41) is 0.784. The smallest absolute Gasteiger partial charge is 0.375 e. The molecule has 0 atom stereocenters. The number of ketones is 1. The van der Waals surface area contributed by atoms with Crippen LogP contribution in [-0.4, -0.2) is 25.0 Å². The number of benzene rings is 1. The van der Waals surface area contributed by atoms with Gasteiger partial charge >= 0.3 is 5.97 Å². The molecule has 0 radical (unpaired) electrons. The van der Waals surface area contributed by atoms with Crippen molar-refractivity contribution in [1.29, 1.82) is 0 Å². The summed E-state index contributed by atoms with van der Waals surface area (Å²) in [7, 11) is 0. The summed E-state index contributed by atoms with van der Waals surface area (Å²) >= 11 is 4.59. The van der Waals surface area contributed by atoms with Crippen molar-refractivity contribution in [3.05, 3.63) is 50.3 Å². The Bertz CT molecular complexity index is 940. The van der Waals surface area contributed by atoms with Crippen molar-refractivity contribution in [3.63, 3.8) is 0 Å². The van der Waals surface area contributed by atoms with Gasteiger partial charge in [0.25, 0.3) is 0 Å². The van der Waals surface area contributed by atoms with Gasteiger partial charge < -0.3 is 13.9 Å². The van der Waals surface area contributed by atoms with Crippen LogP contribution in [0, 0.1) is 6.92 Å². The molecule has 3 aromatic rings. The van der Waals surface area contributed by atoms with E-state index in [4.69, 9.17) is 13.9 Å². The van der Waals surface area contributed by atoms with Crippen LogP contribution >= 0.6 is 27.3 Å². The minimum atomic E-state index is -0.657. The normalized spacial score (nSPS) is 10.8. The quantitative estimate of drug-likeness (QED) is 0.412. The highest BCUT2D eigenvalue weighted by molar-refractivity contribution is 9.11. The van der Waals surface area contributed by atoms with Gasteiger partial charge in [-0.15, -0.1) is 11.3 Å². The van der Waals surface area contributed by atoms with Gasteiger partial charge in [-0.3, -0.25) is 4.79 Å². The summed E-state index contributed by atoms with van der Waals surface area (Å²) in [5.74, 6) is -0.104. The highest BCUT2D eigenvalue weighted by atomic mass is 79.9. The molecule has 0 amide bonds. The Balaban J connectivity index is 1.75. The number of thiophene rings is 1. The molecule has 0 N–H and O–H groups in total. The van der Waals surface area contributed by atoms with E-state index >= 15 is 0 Å². The molecule has 1 aromatic carbocycles. The number of carbonyl (C=O) groups is 2. The molecule has 2 aromatic heterocycles. The van der Waals surface area contributed by atoms with Gasteiger partial charge in [-0.1, -0.05) is 0 Å². The maximum Gasteiger partial charge on any atom is 0.375 e. The zero-order valence-electron chi connectivity index (χ0n) is 13.6. The molecule has 0 spiro atoms. The van der Waals surface area contributed by atoms with Crippen molar-refractivity contribution in [2.45, 2.75) is 13.8 Å². The maximum atomic E-state index is 12.3. The number of ether oxygens (including phenoxy) is 2. The van der Waals surface area contributed by atoms with Crippen LogP contribution in [0.25, 0.3) is 11.0 Å². The van der Waals surface area contributed by atoms with Crippen molar-refractivity contribution in [1.82, 2.24) is 0 Å². The number of hydrogen-bond acceptors (Lipinski definition) is 6. The fourth-order valence-corrected chi connectivity index (χ4v) is 3.69. The van der Waals surface area contributed by atoms with Gasteiger partial charge in [0, 0.05) is 10.9 Å². The Morgan fingerprint density at radius 1 is 1.24 bits per heavy atom. The van der Waals surface area contributed by atoms with E-state index in [-0.39, 0.29) is 18.2 Å². The molecule has 0 aliphatic heterocycles. The second kappa shape index (κ2) is 7.41. The fourth-order valence-electron chi connectivity index (χ4n) is 2.38. The summed E-state index contributed by atoms with van der Waals surface area (Å²) in [6.45, 7) is 3.90. The van der Waals surface area contributed by atoms with E-state index < -0.39 is 5.97 Å². The summed E-state index contributed by atoms with van der Waals surface area (Å²) in [4.78, 5) is 24.8. The van der Waals surface area contributed by atoms with E-state index in [1.165, 1.54) is 11.3 Å². The number of Topliss-reactive ketones (excluding diaryl/α,β-unsaturated/α-hetero) is 1. The number of furan rings is 1. The standard InChI is InChI=1S/C18H15BrO5S/c1-3-22-11-4-5-14-12(8-11)10(2)17(24-14)18(21)23-9-13(20)15-6-7-16(19)25-15/h4-8H,3,9H2,1-2H3. The van der Waals surface area contributed by atoms with E-state index in [2.05, 4.69) is 15.9 Å². The van der Waals surface area contributed by atoms with Crippen molar-refractivity contribution in [2.24, 2.45) is 0 Å². The number of aryl methyl sites for hydroxylation is 1. The molecule has 0 aliphatic carbocycles. The zero-order chi connectivity index (χ0) is 18.0. The van der Waals surface area contributed by atoms with Gasteiger partial charge in [0.15, 0.2) is 6.61 Å².